The van der Waals surface area contributed by atoms with E-state index in [9.17, 15) is 9.59 Å². The summed E-state index contributed by atoms with van der Waals surface area (Å²) in [5.74, 6) is -0.286. The van der Waals surface area contributed by atoms with Gasteiger partial charge in [0, 0.05) is 46.2 Å². The van der Waals surface area contributed by atoms with Gasteiger partial charge < -0.3 is 10.1 Å². The van der Waals surface area contributed by atoms with Crippen LogP contribution in [-0.2, 0) is 9.53 Å². The molecule has 2 amide bonds. The minimum atomic E-state index is -0.561. The van der Waals surface area contributed by atoms with Crippen molar-refractivity contribution in [2.45, 2.75) is 32.2 Å². The quantitative estimate of drug-likeness (QED) is 0.205. The van der Waals surface area contributed by atoms with Crippen molar-refractivity contribution in [3.63, 3.8) is 0 Å². The Morgan fingerprint density at radius 3 is 2.81 bits per heavy atom. The first-order chi connectivity index (χ1) is 20.9. The second-order valence-corrected chi connectivity index (χ2v) is 10.2. The fourth-order valence-electron chi connectivity index (χ4n) is 4.63. The summed E-state index contributed by atoms with van der Waals surface area (Å²) >= 11 is 6.23. The first kappa shape index (κ1) is 29.3. The number of nitrogens with zero attached hydrogens (tertiary/aromatic N) is 6. The highest BCUT2D eigenvalue weighted by molar-refractivity contribution is 6.30. The van der Waals surface area contributed by atoms with E-state index in [1.54, 1.807) is 36.5 Å². The van der Waals surface area contributed by atoms with Crippen LogP contribution in [0.15, 0.2) is 84.3 Å². The van der Waals surface area contributed by atoms with Crippen molar-refractivity contribution >= 4 is 46.8 Å². The van der Waals surface area contributed by atoms with Crippen LogP contribution in [0.4, 0.5) is 16.2 Å². The highest BCUT2D eigenvalue weighted by Gasteiger charge is 2.17. The van der Waals surface area contributed by atoms with Crippen LogP contribution >= 0.6 is 11.6 Å². The SMILES string of the molecule is COC(=O)Nc1ccc2c(c1)N=C(C)C/C=C\CCC(NC(=O)/C=C/c1cc(Cl)ccc1-n1cnnn1)c1cc-2ccn1. The van der Waals surface area contributed by atoms with Crippen LogP contribution in [0.2, 0.25) is 5.02 Å². The van der Waals surface area contributed by atoms with Gasteiger partial charge in [0.1, 0.15) is 6.33 Å². The summed E-state index contributed by atoms with van der Waals surface area (Å²) in [5, 5.41) is 17.6. The summed E-state index contributed by atoms with van der Waals surface area (Å²) < 4.78 is 6.24. The Balaban J connectivity index is 1.44. The third-order valence-corrected chi connectivity index (χ3v) is 6.94. The van der Waals surface area contributed by atoms with Gasteiger partial charge in [-0.25, -0.2) is 4.79 Å². The highest BCUT2D eigenvalue weighted by atomic mass is 35.5. The lowest BCUT2D eigenvalue weighted by atomic mass is 10.00. The fourth-order valence-corrected chi connectivity index (χ4v) is 4.81. The molecule has 1 unspecified atom stereocenters. The average molecular weight is 597 g/mol. The topological polar surface area (TPSA) is 136 Å². The van der Waals surface area contributed by atoms with Gasteiger partial charge in [-0.05, 0) is 84.3 Å². The Hall–Kier alpha value is -5.16. The van der Waals surface area contributed by atoms with E-state index in [1.807, 2.05) is 31.2 Å². The van der Waals surface area contributed by atoms with E-state index in [0.29, 0.717) is 46.2 Å². The first-order valence-corrected chi connectivity index (χ1v) is 13.9. The van der Waals surface area contributed by atoms with Gasteiger partial charge in [-0.15, -0.1) is 5.10 Å². The number of ether oxygens (including phenoxy) is 1. The molecule has 218 valence electrons. The molecular formula is C31H29ClN8O3. The zero-order valence-electron chi connectivity index (χ0n) is 23.6. The van der Waals surface area contributed by atoms with E-state index >= 15 is 0 Å². The number of benzene rings is 2. The largest absolute Gasteiger partial charge is 0.453 e. The van der Waals surface area contributed by atoms with E-state index in [-0.39, 0.29) is 11.9 Å². The molecule has 12 heteroatoms. The molecule has 0 radical (unpaired) electrons. The zero-order chi connectivity index (χ0) is 30.2. The standard InChI is InChI=1S/C31H29ClN8O3/c1-20-6-4-3-5-7-26(37-30(41)13-8-22-16-23(32)9-12-29(22)40-19-34-38-39-40)28-17-21(14-15-33-28)25-11-10-24(18-27(25)35-20)36-31(42)43-2/h3-4,8-19,26H,5-7H2,1-2H3,(H,36,42)(H,37,41)/b4-3-,13-8+,35-20?. The van der Waals surface area contributed by atoms with Gasteiger partial charge in [0.25, 0.3) is 0 Å². The Morgan fingerprint density at radius 1 is 1.12 bits per heavy atom. The van der Waals surface area contributed by atoms with Crippen molar-refractivity contribution < 1.29 is 14.3 Å². The molecule has 2 bridgehead atoms. The molecule has 0 saturated carbocycles. The number of carbonyl (C=O) groups excluding carboxylic acids is 2. The summed E-state index contributed by atoms with van der Waals surface area (Å²) in [5.41, 5.74) is 6.00. The molecule has 2 N–H and O–H groups in total. The summed E-state index contributed by atoms with van der Waals surface area (Å²) in [6, 6.07) is 14.3. The number of anilines is 1. The molecule has 0 fully saturated rings. The van der Waals surface area contributed by atoms with E-state index in [1.165, 1.54) is 24.2 Å². The number of rotatable bonds is 5. The molecule has 2 aromatic heterocycles. The fraction of sp³-hybridized carbons (Fsp3) is 0.194. The van der Waals surface area contributed by atoms with Crippen LogP contribution in [0.25, 0.3) is 22.9 Å². The van der Waals surface area contributed by atoms with Crippen molar-refractivity contribution in [1.29, 1.82) is 0 Å². The maximum atomic E-state index is 13.2. The monoisotopic (exact) mass is 596 g/mol. The number of hydrogen-bond donors (Lipinski definition) is 2. The summed E-state index contributed by atoms with van der Waals surface area (Å²) in [6.45, 7) is 1.96. The van der Waals surface area contributed by atoms with Crippen molar-refractivity contribution in [3.8, 4) is 16.8 Å². The van der Waals surface area contributed by atoms with Gasteiger partial charge in [0.15, 0.2) is 0 Å². The minimum Gasteiger partial charge on any atom is -0.453 e. The molecule has 11 nitrogen and oxygen atoms in total. The van der Waals surface area contributed by atoms with E-state index in [4.69, 9.17) is 21.3 Å². The molecule has 1 aliphatic heterocycles. The molecule has 5 rings (SSSR count). The molecule has 0 aliphatic carbocycles. The van der Waals surface area contributed by atoms with Crippen molar-refractivity contribution in [2.75, 3.05) is 12.4 Å². The Bertz CT molecular complexity index is 1720. The van der Waals surface area contributed by atoms with Crippen LogP contribution in [-0.4, -0.2) is 50.0 Å². The number of pyridine rings is 1. The lowest BCUT2D eigenvalue weighted by Crippen LogP contribution is -2.27. The highest BCUT2D eigenvalue weighted by Crippen LogP contribution is 2.35. The van der Waals surface area contributed by atoms with Gasteiger partial charge in [-0.2, -0.15) is 4.68 Å². The predicted molar refractivity (Wildman–Crippen MR) is 166 cm³/mol. The Labute approximate surface area is 253 Å². The molecule has 4 aromatic rings. The molecule has 0 spiro atoms. The van der Waals surface area contributed by atoms with E-state index in [2.05, 4.69) is 43.3 Å². The second-order valence-electron chi connectivity index (χ2n) is 9.77. The maximum Gasteiger partial charge on any atom is 0.411 e. The smallest absolute Gasteiger partial charge is 0.411 e. The molecule has 0 saturated heterocycles. The third-order valence-electron chi connectivity index (χ3n) is 6.71. The number of methoxy groups -OCH3 is 1. The van der Waals surface area contributed by atoms with E-state index in [0.717, 1.165) is 23.3 Å². The van der Waals surface area contributed by atoms with Crippen LogP contribution in [0.1, 0.15) is 43.5 Å². The molecule has 43 heavy (non-hydrogen) atoms. The van der Waals surface area contributed by atoms with Crippen molar-refractivity contribution in [1.82, 2.24) is 30.5 Å². The Morgan fingerprint density at radius 2 is 2.00 bits per heavy atom. The minimum absolute atomic E-state index is 0.286. The van der Waals surface area contributed by atoms with Crippen LogP contribution < -0.4 is 10.6 Å². The number of fused-ring (bicyclic) bond motifs is 4. The number of amides is 2. The number of aromatic nitrogens is 5. The molecule has 3 heterocycles. The summed E-state index contributed by atoms with van der Waals surface area (Å²) in [7, 11) is 1.31. The average Bonchev–Trinajstić information content (AvgIpc) is 3.54. The number of carbonyl (C=O) groups is 2. The summed E-state index contributed by atoms with van der Waals surface area (Å²) in [4.78, 5) is 34.5. The van der Waals surface area contributed by atoms with Gasteiger partial charge >= 0.3 is 6.09 Å². The number of nitrogens with one attached hydrogen (secondary N) is 2. The summed E-state index contributed by atoms with van der Waals surface area (Å²) in [6.07, 6.45) is 11.9. The van der Waals surface area contributed by atoms with Gasteiger partial charge in [-0.3, -0.25) is 20.1 Å². The first-order valence-electron chi connectivity index (χ1n) is 13.6. The molecule has 1 atom stereocenters. The number of hydrogen-bond acceptors (Lipinski definition) is 8. The number of aliphatic imine (C=N–C) groups is 1. The van der Waals surface area contributed by atoms with Crippen LogP contribution in [0, 0.1) is 0 Å². The van der Waals surface area contributed by atoms with Crippen LogP contribution in [0.5, 0.6) is 0 Å². The maximum absolute atomic E-state index is 13.2. The van der Waals surface area contributed by atoms with E-state index < -0.39 is 6.09 Å². The second kappa shape index (κ2) is 13.7. The lowest BCUT2D eigenvalue weighted by Gasteiger charge is -2.18. The number of halogens is 1. The predicted octanol–water partition coefficient (Wildman–Crippen LogP) is 6.26. The molecular weight excluding hydrogens is 568 g/mol. The van der Waals surface area contributed by atoms with Gasteiger partial charge in [0.05, 0.1) is 30.2 Å². The normalized spacial score (nSPS) is 15.7. The van der Waals surface area contributed by atoms with Crippen molar-refractivity contribution in [2.24, 2.45) is 4.99 Å². The van der Waals surface area contributed by atoms with Crippen LogP contribution in [0.3, 0.4) is 0 Å². The molecule has 1 aliphatic rings. The lowest BCUT2D eigenvalue weighted by molar-refractivity contribution is -0.117. The Kier molecular flexibility index (Phi) is 9.33. The molecule has 2 aromatic carbocycles. The van der Waals surface area contributed by atoms with Crippen molar-refractivity contribution in [3.05, 3.63) is 95.6 Å². The zero-order valence-corrected chi connectivity index (χ0v) is 24.3. The van der Waals surface area contributed by atoms with Gasteiger partial charge in [-0.1, -0.05) is 29.8 Å². The number of allylic oxidation sites excluding steroid dienone is 2. The third kappa shape index (κ3) is 7.57. The number of tetrazole rings is 1. The van der Waals surface area contributed by atoms with Gasteiger partial charge in [0.2, 0.25) is 5.91 Å².